The molecule has 0 saturated heterocycles. The molecule has 0 radical (unpaired) electrons. The maximum Gasteiger partial charge on any atom is 0.319 e. The second-order valence-electron chi connectivity index (χ2n) is 10.4. The van der Waals surface area contributed by atoms with Crippen molar-refractivity contribution in [1.29, 1.82) is 0 Å². The van der Waals surface area contributed by atoms with E-state index in [0.717, 1.165) is 12.3 Å². The number of nitrogens with one attached hydrogen (secondary N) is 3. The fourth-order valence-corrected chi connectivity index (χ4v) is 6.76. The van der Waals surface area contributed by atoms with E-state index in [1.807, 2.05) is 13.8 Å². The highest BCUT2D eigenvalue weighted by molar-refractivity contribution is 7.92. The molecule has 12 nitrogen and oxygen atoms in total. The minimum absolute atomic E-state index is 0.00453. The van der Waals surface area contributed by atoms with Gasteiger partial charge in [-0.3, -0.25) is 24.4 Å². The highest BCUT2D eigenvalue weighted by atomic mass is 32.2. The summed E-state index contributed by atoms with van der Waals surface area (Å²) in [5.41, 5.74) is -0.875. The fourth-order valence-electron chi connectivity index (χ4n) is 5.02. The Morgan fingerprint density at radius 3 is 2.54 bits per heavy atom. The van der Waals surface area contributed by atoms with Gasteiger partial charge in [-0.2, -0.15) is 8.42 Å². The average Bonchev–Trinajstić information content (AvgIpc) is 2.88. The van der Waals surface area contributed by atoms with Crippen molar-refractivity contribution in [3.63, 3.8) is 0 Å². The number of ether oxygens (including phenoxy) is 1. The molecule has 220 valence electrons. The number of Topliss-reactive ketones (excluding diaryl/α,β-unsaturated/α-hetero) is 2. The number of carbonyl (C=O) groups is 3. The molecule has 1 heterocycles. The number of anilines is 2. The topological polar surface area (TPSA) is 177 Å². The molecule has 41 heavy (non-hydrogen) atoms. The summed E-state index contributed by atoms with van der Waals surface area (Å²) in [4.78, 5) is 40.2. The largest absolute Gasteiger partial charge is 0.465 e. The molecular weight excluding hydrogens is 572 g/mol. The highest BCUT2D eigenvalue weighted by Gasteiger charge is 2.54. The SMILES string of the molecule is CCOC(=O)CNC1(CCC(C)C)C(=O)C(C2=NS(=O)(=O)c3cc(NS(C)(=O)=O)ccc3N2)C(=O)c2ccccc21. The minimum Gasteiger partial charge on any atom is -0.465 e. The quantitative estimate of drug-likeness (QED) is 0.270. The van der Waals surface area contributed by atoms with Gasteiger partial charge in [-0.05, 0) is 49.4 Å². The summed E-state index contributed by atoms with van der Waals surface area (Å²) in [6, 6.07) is 10.3. The summed E-state index contributed by atoms with van der Waals surface area (Å²) in [6.07, 6.45) is 1.70. The minimum atomic E-state index is -4.45. The van der Waals surface area contributed by atoms with Crippen molar-refractivity contribution in [3.05, 3.63) is 53.6 Å². The van der Waals surface area contributed by atoms with Crippen LogP contribution in [0.5, 0.6) is 0 Å². The monoisotopic (exact) mass is 604 g/mol. The van der Waals surface area contributed by atoms with Gasteiger partial charge in [0.15, 0.2) is 11.6 Å². The van der Waals surface area contributed by atoms with Crippen molar-refractivity contribution >= 4 is 54.8 Å². The second-order valence-corrected chi connectivity index (χ2v) is 13.7. The van der Waals surface area contributed by atoms with E-state index in [-0.39, 0.29) is 53.2 Å². The number of esters is 1. The number of benzene rings is 2. The van der Waals surface area contributed by atoms with Gasteiger partial charge in [0.25, 0.3) is 10.0 Å². The predicted octanol–water partition coefficient (Wildman–Crippen LogP) is 2.44. The molecule has 0 amide bonds. The van der Waals surface area contributed by atoms with Crippen LogP contribution < -0.4 is 15.4 Å². The van der Waals surface area contributed by atoms with E-state index < -0.39 is 49.0 Å². The Morgan fingerprint density at radius 1 is 1.17 bits per heavy atom. The number of fused-ring (bicyclic) bond motifs is 2. The average molecular weight is 605 g/mol. The van der Waals surface area contributed by atoms with Crippen molar-refractivity contribution in [1.82, 2.24) is 5.32 Å². The molecule has 2 aromatic carbocycles. The van der Waals surface area contributed by atoms with Crippen LogP contribution in [-0.4, -0.2) is 59.6 Å². The Balaban J connectivity index is 1.82. The standard InChI is InChI=1S/C27H32N4O8S2/c1-5-39-22(32)15-28-27(13-12-16(2)3)19-9-7-6-8-18(19)24(33)23(25(27)34)26-29-20-11-10-17(30-40(4,35)36)14-21(20)41(37,38)31-26/h6-11,14,16,23,28,30H,5,12-13,15H2,1-4H3,(H,29,31). The lowest BCUT2D eigenvalue weighted by Crippen LogP contribution is -2.60. The summed E-state index contributed by atoms with van der Waals surface area (Å²) >= 11 is 0. The van der Waals surface area contributed by atoms with Crippen molar-refractivity contribution in [2.45, 2.75) is 44.0 Å². The van der Waals surface area contributed by atoms with Gasteiger partial charge < -0.3 is 10.1 Å². The maximum atomic E-state index is 14.4. The van der Waals surface area contributed by atoms with E-state index in [0.29, 0.717) is 12.0 Å². The molecule has 2 atom stereocenters. The molecule has 4 rings (SSSR count). The first-order valence-electron chi connectivity index (χ1n) is 13.0. The number of ketones is 2. The van der Waals surface area contributed by atoms with Crippen LogP contribution in [0.3, 0.4) is 0 Å². The van der Waals surface area contributed by atoms with Crippen LogP contribution in [0.15, 0.2) is 51.8 Å². The zero-order valence-corrected chi connectivity index (χ0v) is 24.7. The van der Waals surface area contributed by atoms with Gasteiger partial charge in [0.2, 0.25) is 10.0 Å². The smallest absolute Gasteiger partial charge is 0.319 e. The normalized spacial score (nSPS) is 21.4. The van der Waals surface area contributed by atoms with Crippen LogP contribution in [-0.2, 0) is 39.9 Å². The van der Waals surface area contributed by atoms with E-state index >= 15 is 0 Å². The van der Waals surface area contributed by atoms with E-state index in [1.54, 1.807) is 31.2 Å². The number of carbonyl (C=O) groups excluding carboxylic acids is 3. The van der Waals surface area contributed by atoms with Gasteiger partial charge in [-0.1, -0.05) is 38.1 Å². The van der Waals surface area contributed by atoms with Crippen molar-refractivity contribution in [3.8, 4) is 0 Å². The molecular formula is C27H32N4O8S2. The van der Waals surface area contributed by atoms with Crippen LogP contribution in [0, 0.1) is 11.8 Å². The van der Waals surface area contributed by atoms with Crippen molar-refractivity contribution in [2.24, 2.45) is 16.2 Å². The molecule has 0 bridgehead atoms. The summed E-state index contributed by atoms with van der Waals surface area (Å²) in [5.74, 6) is -3.70. The van der Waals surface area contributed by atoms with Crippen molar-refractivity contribution < 1.29 is 36.0 Å². The first-order valence-corrected chi connectivity index (χ1v) is 16.3. The summed E-state index contributed by atoms with van der Waals surface area (Å²) in [5, 5.41) is 5.89. The zero-order valence-electron chi connectivity index (χ0n) is 23.1. The van der Waals surface area contributed by atoms with Crippen LogP contribution in [0.25, 0.3) is 0 Å². The van der Waals surface area contributed by atoms with Crippen LogP contribution in [0.1, 0.15) is 49.5 Å². The first kappa shape index (κ1) is 30.3. The van der Waals surface area contributed by atoms with E-state index in [1.165, 1.54) is 12.1 Å². The lowest BCUT2D eigenvalue weighted by Gasteiger charge is -2.42. The van der Waals surface area contributed by atoms with Gasteiger partial charge in [0, 0.05) is 11.3 Å². The molecule has 1 aliphatic carbocycles. The number of hydrogen-bond donors (Lipinski definition) is 3. The zero-order chi connectivity index (χ0) is 30.2. The molecule has 2 aromatic rings. The summed E-state index contributed by atoms with van der Waals surface area (Å²) in [7, 11) is -8.13. The molecule has 0 spiro atoms. The fraction of sp³-hybridized carbons (Fsp3) is 0.407. The van der Waals surface area contributed by atoms with Gasteiger partial charge >= 0.3 is 5.97 Å². The van der Waals surface area contributed by atoms with Gasteiger partial charge in [-0.25, -0.2) is 8.42 Å². The third-order valence-electron chi connectivity index (χ3n) is 6.85. The summed E-state index contributed by atoms with van der Waals surface area (Å²) in [6.45, 7) is 5.44. The Kier molecular flexibility index (Phi) is 8.39. The van der Waals surface area contributed by atoms with E-state index in [9.17, 15) is 31.2 Å². The van der Waals surface area contributed by atoms with Gasteiger partial charge in [-0.15, -0.1) is 4.40 Å². The molecule has 2 unspecified atom stereocenters. The Bertz CT molecular complexity index is 1650. The number of sulfonamides is 2. The second kappa shape index (κ2) is 11.3. The maximum absolute atomic E-state index is 14.4. The number of amidine groups is 1. The third-order valence-corrected chi connectivity index (χ3v) is 8.79. The highest BCUT2D eigenvalue weighted by Crippen LogP contribution is 2.41. The number of hydrogen-bond acceptors (Lipinski definition) is 10. The van der Waals surface area contributed by atoms with Gasteiger partial charge in [0.1, 0.15) is 22.2 Å². The lowest BCUT2D eigenvalue weighted by atomic mass is 9.67. The Labute approximate surface area is 239 Å². The van der Waals surface area contributed by atoms with E-state index in [4.69, 9.17) is 4.74 Å². The molecule has 0 fully saturated rings. The number of nitrogens with zero attached hydrogens (tertiary/aromatic N) is 1. The van der Waals surface area contributed by atoms with Crippen LogP contribution in [0.4, 0.5) is 11.4 Å². The molecule has 3 N–H and O–H groups in total. The Morgan fingerprint density at radius 2 is 1.88 bits per heavy atom. The first-order chi connectivity index (χ1) is 19.2. The number of rotatable bonds is 10. The van der Waals surface area contributed by atoms with E-state index in [2.05, 4.69) is 19.8 Å². The van der Waals surface area contributed by atoms with Crippen molar-refractivity contribution in [2.75, 3.05) is 29.4 Å². The molecule has 14 heteroatoms. The molecule has 0 aromatic heterocycles. The summed E-state index contributed by atoms with van der Waals surface area (Å²) < 4.78 is 60.9. The lowest BCUT2D eigenvalue weighted by molar-refractivity contribution is -0.142. The van der Waals surface area contributed by atoms with Crippen LogP contribution >= 0.6 is 0 Å². The molecule has 1 aliphatic heterocycles. The molecule has 0 saturated carbocycles. The molecule has 2 aliphatic rings. The van der Waals surface area contributed by atoms with Gasteiger partial charge in [0.05, 0.1) is 25.1 Å². The predicted molar refractivity (Wildman–Crippen MR) is 153 cm³/mol. The third kappa shape index (κ3) is 6.19. The van der Waals surface area contributed by atoms with Crippen LogP contribution in [0.2, 0.25) is 0 Å². The Hall–Kier alpha value is -3.62.